The van der Waals surface area contributed by atoms with E-state index in [-0.39, 0.29) is 5.91 Å². The minimum Gasteiger partial charge on any atom is -0.321 e. The lowest BCUT2D eigenvalue weighted by Crippen LogP contribution is -2.03. The van der Waals surface area contributed by atoms with Gasteiger partial charge in [0.1, 0.15) is 0 Å². The fourth-order valence-electron chi connectivity index (χ4n) is 1.93. The van der Waals surface area contributed by atoms with E-state index in [0.29, 0.717) is 5.57 Å². The summed E-state index contributed by atoms with van der Waals surface area (Å²) in [6.07, 6.45) is 5.29. The van der Waals surface area contributed by atoms with Gasteiger partial charge in [0.05, 0.1) is 0 Å². The molecule has 4 heteroatoms. The fraction of sp³-hybridized carbons (Fsp3) is 0. The maximum absolute atomic E-state index is 11.9. The zero-order valence-corrected chi connectivity index (χ0v) is 10.9. The zero-order valence-electron chi connectivity index (χ0n) is 9.35. The van der Waals surface area contributed by atoms with Crippen LogP contribution in [-0.2, 0) is 4.79 Å². The van der Waals surface area contributed by atoms with Crippen molar-refractivity contribution in [1.29, 1.82) is 0 Å². The molecule has 0 spiro atoms. The van der Waals surface area contributed by atoms with Gasteiger partial charge >= 0.3 is 0 Å². The van der Waals surface area contributed by atoms with Crippen LogP contribution < -0.4 is 5.32 Å². The van der Waals surface area contributed by atoms with Gasteiger partial charge in [0.25, 0.3) is 5.91 Å². The molecule has 88 valence electrons. The van der Waals surface area contributed by atoms with E-state index in [0.717, 1.165) is 21.3 Å². The Hall–Kier alpha value is -1.94. The highest BCUT2D eigenvalue weighted by molar-refractivity contribution is 9.10. The Kier molecular flexibility index (Phi) is 2.72. The summed E-state index contributed by atoms with van der Waals surface area (Å²) in [4.78, 5) is 15.9. The highest BCUT2D eigenvalue weighted by atomic mass is 79.9. The predicted octanol–water partition coefficient (Wildman–Crippen LogP) is 3.34. The van der Waals surface area contributed by atoms with Gasteiger partial charge in [-0.05, 0) is 42.0 Å². The van der Waals surface area contributed by atoms with Crippen LogP contribution in [0.5, 0.6) is 0 Å². The molecule has 2 heterocycles. The van der Waals surface area contributed by atoms with Crippen LogP contribution in [-0.4, -0.2) is 10.9 Å². The number of benzene rings is 1. The largest absolute Gasteiger partial charge is 0.321 e. The zero-order chi connectivity index (χ0) is 12.5. The average Bonchev–Trinajstić information content (AvgIpc) is 2.67. The summed E-state index contributed by atoms with van der Waals surface area (Å²) in [7, 11) is 0. The lowest BCUT2D eigenvalue weighted by atomic mass is 10.0. The Balaban J connectivity index is 2.12. The van der Waals surface area contributed by atoms with Crippen molar-refractivity contribution in [2.75, 3.05) is 5.32 Å². The Morgan fingerprint density at radius 2 is 1.94 bits per heavy atom. The number of aromatic nitrogens is 1. The minimum atomic E-state index is -0.0695. The third kappa shape index (κ3) is 1.95. The molecule has 1 aliphatic rings. The summed E-state index contributed by atoms with van der Waals surface area (Å²) in [5.74, 6) is -0.0695. The lowest BCUT2D eigenvalue weighted by molar-refractivity contribution is -0.110. The number of nitrogens with one attached hydrogen (secondary N) is 1. The first-order chi connectivity index (χ1) is 8.74. The topological polar surface area (TPSA) is 42.0 Å². The summed E-state index contributed by atoms with van der Waals surface area (Å²) in [5, 5.41) is 2.85. The minimum absolute atomic E-state index is 0.0695. The van der Waals surface area contributed by atoms with Gasteiger partial charge in [-0.1, -0.05) is 15.9 Å². The van der Waals surface area contributed by atoms with E-state index in [4.69, 9.17) is 0 Å². The van der Waals surface area contributed by atoms with Crippen molar-refractivity contribution < 1.29 is 4.79 Å². The summed E-state index contributed by atoms with van der Waals surface area (Å²) in [6, 6.07) is 9.49. The van der Waals surface area contributed by atoms with Gasteiger partial charge in [-0.15, -0.1) is 0 Å². The van der Waals surface area contributed by atoms with Crippen molar-refractivity contribution >= 4 is 39.2 Å². The van der Waals surface area contributed by atoms with E-state index in [9.17, 15) is 4.79 Å². The standard InChI is InChI=1S/C14H9BrN2O/c15-10-1-2-13-11(8-10)12(14(18)17-13)7-9-3-5-16-6-4-9/h1-8H,(H,17,18). The van der Waals surface area contributed by atoms with Crippen LogP contribution in [0.2, 0.25) is 0 Å². The van der Waals surface area contributed by atoms with Gasteiger partial charge in [-0.25, -0.2) is 0 Å². The molecular formula is C14H9BrN2O. The highest BCUT2D eigenvalue weighted by Crippen LogP contribution is 2.34. The van der Waals surface area contributed by atoms with Crippen LogP contribution in [0.1, 0.15) is 11.1 Å². The van der Waals surface area contributed by atoms with Crippen LogP contribution in [0, 0.1) is 0 Å². The summed E-state index contributed by atoms with van der Waals surface area (Å²) < 4.78 is 0.957. The molecule has 0 radical (unpaired) electrons. The Bertz CT molecular complexity index is 650. The number of carbonyl (C=O) groups is 1. The molecule has 1 N–H and O–H groups in total. The van der Waals surface area contributed by atoms with Crippen molar-refractivity contribution in [3.63, 3.8) is 0 Å². The number of rotatable bonds is 1. The quantitative estimate of drug-likeness (QED) is 0.821. The van der Waals surface area contributed by atoms with Crippen LogP contribution >= 0.6 is 15.9 Å². The number of carbonyl (C=O) groups excluding carboxylic acids is 1. The molecule has 18 heavy (non-hydrogen) atoms. The Morgan fingerprint density at radius 1 is 1.17 bits per heavy atom. The van der Waals surface area contributed by atoms with E-state index in [1.807, 2.05) is 36.4 Å². The van der Waals surface area contributed by atoms with E-state index in [1.165, 1.54) is 0 Å². The first-order valence-corrected chi connectivity index (χ1v) is 6.26. The van der Waals surface area contributed by atoms with Crippen LogP contribution in [0.15, 0.2) is 47.2 Å². The van der Waals surface area contributed by atoms with Gasteiger partial charge in [0.15, 0.2) is 0 Å². The SMILES string of the molecule is O=C1Nc2ccc(Br)cc2C1=Cc1ccncc1. The summed E-state index contributed by atoms with van der Waals surface area (Å²) >= 11 is 3.42. The number of pyridine rings is 1. The van der Waals surface area contributed by atoms with Gasteiger partial charge in [0, 0.05) is 33.7 Å². The third-order valence-corrected chi connectivity index (χ3v) is 3.27. The van der Waals surface area contributed by atoms with Crippen molar-refractivity contribution in [3.05, 3.63) is 58.3 Å². The molecule has 0 unspecified atom stereocenters. The number of amides is 1. The maximum Gasteiger partial charge on any atom is 0.256 e. The monoisotopic (exact) mass is 300 g/mol. The fourth-order valence-corrected chi connectivity index (χ4v) is 2.29. The predicted molar refractivity (Wildman–Crippen MR) is 74.9 cm³/mol. The molecule has 1 aliphatic heterocycles. The van der Waals surface area contributed by atoms with Crippen LogP contribution in [0.25, 0.3) is 11.6 Å². The molecule has 1 aromatic heterocycles. The molecule has 3 nitrogen and oxygen atoms in total. The van der Waals surface area contributed by atoms with Gasteiger partial charge < -0.3 is 5.32 Å². The number of anilines is 1. The van der Waals surface area contributed by atoms with Gasteiger partial charge in [-0.2, -0.15) is 0 Å². The van der Waals surface area contributed by atoms with E-state index in [1.54, 1.807) is 12.4 Å². The molecular weight excluding hydrogens is 292 g/mol. The number of halogens is 1. The first-order valence-electron chi connectivity index (χ1n) is 5.47. The van der Waals surface area contributed by atoms with Crippen molar-refractivity contribution in [2.24, 2.45) is 0 Å². The second-order valence-electron chi connectivity index (χ2n) is 3.98. The molecule has 3 rings (SSSR count). The average molecular weight is 301 g/mol. The van der Waals surface area contributed by atoms with Gasteiger partial charge in [-0.3, -0.25) is 9.78 Å². The van der Waals surface area contributed by atoms with E-state index >= 15 is 0 Å². The van der Waals surface area contributed by atoms with Crippen LogP contribution in [0.3, 0.4) is 0 Å². The van der Waals surface area contributed by atoms with Gasteiger partial charge in [0.2, 0.25) is 0 Å². The van der Waals surface area contributed by atoms with Crippen molar-refractivity contribution in [2.45, 2.75) is 0 Å². The molecule has 0 fully saturated rings. The highest BCUT2D eigenvalue weighted by Gasteiger charge is 2.23. The lowest BCUT2D eigenvalue weighted by Gasteiger charge is -1.99. The Labute approximate surface area is 113 Å². The molecule has 0 aliphatic carbocycles. The molecule has 2 aromatic rings. The first kappa shape index (κ1) is 11.2. The second-order valence-corrected chi connectivity index (χ2v) is 4.90. The second kappa shape index (κ2) is 4.38. The molecule has 0 bridgehead atoms. The van der Waals surface area contributed by atoms with Crippen molar-refractivity contribution in [1.82, 2.24) is 4.98 Å². The molecule has 1 amide bonds. The molecule has 0 atom stereocenters. The van der Waals surface area contributed by atoms with E-state index in [2.05, 4.69) is 26.2 Å². The molecule has 1 aromatic carbocycles. The number of hydrogen-bond donors (Lipinski definition) is 1. The van der Waals surface area contributed by atoms with E-state index < -0.39 is 0 Å². The molecule has 0 saturated carbocycles. The third-order valence-electron chi connectivity index (χ3n) is 2.78. The normalized spacial score (nSPS) is 15.6. The number of fused-ring (bicyclic) bond motifs is 1. The number of hydrogen-bond acceptors (Lipinski definition) is 2. The number of nitrogens with zero attached hydrogens (tertiary/aromatic N) is 1. The maximum atomic E-state index is 11.9. The summed E-state index contributed by atoms with van der Waals surface area (Å²) in [6.45, 7) is 0. The molecule has 0 saturated heterocycles. The van der Waals surface area contributed by atoms with Crippen molar-refractivity contribution in [3.8, 4) is 0 Å². The van der Waals surface area contributed by atoms with Crippen LogP contribution in [0.4, 0.5) is 5.69 Å². The Morgan fingerprint density at radius 3 is 2.72 bits per heavy atom. The smallest absolute Gasteiger partial charge is 0.256 e. The summed E-state index contributed by atoms with van der Waals surface area (Å²) in [5.41, 5.74) is 3.41.